The average molecular weight is 325 g/mol. The first-order valence-electron chi connectivity index (χ1n) is 7.60. The Morgan fingerprint density at radius 1 is 0.842 bits per heavy atom. The van der Waals surface area contributed by atoms with Gasteiger partial charge in [0.1, 0.15) is 0 Å². The van der Waals surface area contributed by atoms with E-state index in [9.17, 15) is 0 Å². The summed E-state index contributed by atoms with van der Waals surface area (Å²) >= 11 is 3.90. The zero-order valence-corrected chi connectivity index (χ0v) is 14.9. The van der Waals surface area contributed by atoms with Gasteiger partial charge < -0.3 is 0 Å². The highest BCUT2D eigenvalue weighted by Crippen LogP contribution is 2.36. The number of hydrogen-bond acceptors (Lipinski definition) is 0. The van der Waals surface area contributed by atoms with Crippen molar-refractivity contribution in [3.05, 3.63) is 34.9 Å². The Labute approximate surface area is 128 Å². The molecule has 0 aromatic heterocycles. The molecule has 0 fully saturated rings. The van der Waals surface area contributed by atoms with Gasteiger partial charge in [-0.1, -0.05) is 75.7 Å². The monoisotopic (exact) mass is 324 g/mol. The number of halogens is 1. The molecule has 0 saturated carbocycles. The topological polar surface area (TPSA) is 0 Å². The zero-order chi connectivity index (χ0) is 14.6. The van der Waals surface area contributed by atoms with Gasteiger partial charge in [0, 0.05) is 4.83 Å². The molecule has 0 aliphatic carbocycles. The summed E-state index contributed by atoms with van der Waals surface area (Å²) in [5.74, 6) is 1.97. The van der Waals surface area contributed by atoms with E-state index < -0.39 is 0 Å². The maximum Gasteiger partial charge on any atom is 0.0398 e. The van der Waals surface area contributed by atoms with Gasteiger partial charge in [-0.25, -0.2) is 0 Å². The van der Waals surface area contributed by atoms with Gasteiger partial charge in [-0.3, -0.25) is 0 Å². The molecule has 1 unspecified atom stereocenters. The second kappa shape index (κ2) is 7.47. The Morgan fingerprint density at radius 2 is 1.47 bits per heavy atom. The van der Waals surface area contributed by atoms with Crippen LogP contribution in [0.5, 0.6) is 0 Å². The van der Waals surface area contributed by atoms with Crippen LogP contribution in [0, 0.1) is 5.92 Å². The lowest BCUT2D eigenvalue weighted by Crippen LogP contribution is -2.02. The Kier molecular flexibility index (Phi) is 6.59. The van der Waals surface area contributed by atoms with Crippen LogP contribution in [-0.4, -0.2) is 0 Å². The fourth-order valence-electron chi connectivity index (χ4n) is 2.37. The minimum absolute atomic E-state index is 0.494. The van der Waals surface area contributed by atoms with E-state index in [1.54, 1.807) is 0 Å². The lowest BCUT2D eigenvalue weighted by atomic mass is 9.89. The Hall–Kier alpha value is -0.300. The van der Waals surface area contributed by atoms with Crippen molar-refractivity contribution >= 4 is 15.9 Å². The molecule has 1 heteroatoms. The maximum atomic E-state index is 3.90. The van der Waals surface area contributed by atoms with E-state index in [0.717, 1.165) is 5.92 Å². The summed E-state index contributed by atoms with van der Waals surface area (Å²) in [4.78, 5) is 0.494. The fourth-order valence-corrected chi connectivity index (χ4v) is 3.05. The average Bonchev–Trinajstić information content (AvgIpc) is 2.34. The van der Waals surface area contributed by atoms with Crippen LogP contribution in [0.3, 0.4) is 0 Å². The molecule has 108 valence electrons. The molecule has 1 rings (SSSR count). The predicted octanol–water partition coefficient (Wildman–Crippen LogP) is 6.81. The largest absolute Gasteiger partial charge is 0.0839 e. The van der Waals surface area contributed by atoms with E-state index in [1.807, 2.05) is 0 Å². The van der Waals surface area contributed by atoms with E-state index in [1.165, 1.54) is 29.5 Å². The molecule has 1 atom stereocenters. The van der Waals surface area contributed by atoms with Crippen molar-refractivity contribution in [1.29, 1.82) is 0 Å². The van der Waals surface area contributed by atoms with Crippen molar-refractivity contribution in [2.24, 2.45) is 5.92 Å². The van der Waals surface area contributed by atoms with Gasteiger partial charge in [0.25, 0.3) is 0 Å². The van der Waals surface area contributed by atoms with Crippen molar-refractivity contribution in [2.45, 2.75) is 71.0 Å². The van der Waals surface area contributed by atoms with Gasteiger partial charge in [-0.2, -0.15) is 0 Å². The second-order valence-electron chi connectivity index (χ2n) is 6.64. The highest BCUT2D eigenvalue weighted by Gasteiger charge is 2.16. The summed E-state index contributed by atoms with van der Waals surface area (Å²) < 4.78 is 0. The van der Waals surface area contributed by atoms with Crippen molar-refractivity contribution < 1.29 is 0 Å². The molecule has 0 saturated heterocycles. The first-order valence-corrected chi connectivity index (χ1v) is 8.52. The van der Waals surface area contributed by atoms with Crippen molar-refractivity contribution in [3.63, 3.8) is 0 Å². The van der Waals surface area contributed by atoms with E-state index in [2.05, 4.69) is 75.7 Å². The van der Waals surface area contributed by atoms with Gasteiger partial charge in [-0.15, -0.1) is 0 Å². The molecule has 0 N–H and O–H groups in total. The lowest BCUT2D eigenvalue weighted by molar-refractivity contribution is 0.552. The highest BCUT2D eigenvalue weighted by molar-refractivity contribution is 9.09. The smallest absolute Gasteiger partial charge is 0.0398 e. The van der Waals surface area contributed by atoms with Crippen LogP contribution in [-0.2, 0) is 0 Å². The summed E-state index contributed by atoms with van der Waals surface area (Å²) in [5.41, 5.74) is 4.45. The first-order chi connectivity index (χ1) is 8.82. The zero-order valence-electron chi connectivity index (χ0n) is 13.3. The molecule has 0 amide bonds. The summed E-state index contributed by atoms with van der Waals surface area (Å²) in [5, 5.41) is 0. The normalized spacial score (nSPS) is 13.6. The summed E-state index contributed by atoms with van der Waals surface area (Å²) in [6.45, 7) is 13.7. The summed E-state index contributed by atoms with van der Waals surface area (Å²) in [6, 6.07) is 7.05. The molecule has 1 aromatic carbocycles. The molecule has 0 nitrogen and oxygen atoms in total. The van der Waals surface area contributed by atoms with Gasteiger partial charge >= 0.3 is 0 Å². The molecule has 0 heterocycles. The van der Waals surface area contributed by atoms with Crippen molar-refractivity contribution in [1.82, 2.24) is 0 Å². The van der Waals surface area contributed by atoms with Crippen LogP contribution in [0.4, 0.5) is 0 Å². The number of rotatable bonds is 6. The van der Waals surface area contributed by atoms with E-state index in [0.29, 0.717) is 16.7 Å². The van der Waals surface area contributed by atoms with Gasteiger partial charge in [-0.05, 0) is 47.3 Å². The molecule has 0 bridgehead atoms. The maximum absolute atomic E-state index is 3.90. The quantitative estimate of drug-likeness (QED) is 0.504. The first kappa shape index (κ1) is 16.8. The van der Waals surface area contributed by atoms with Crippen LogP contribution in [0.15, 0.2) is 18.2 Å². The summed E-state index contributed by atoms with van der Waals surface area (Å²) in [7, 11) is 0. The molecular formula is C18H29Br. The minimum Gasteiger partial charge on any atom is -0.0839 e. The molecule has 0 radical (unpaired) electrons. The van der Waals surface area contributed by atoms with E-state index >= 15 is 0 Å². The number of hydrogen-bond donors (Lipinski definition) is 0. The molecule has 0 aliphatic heterocycles. The molecule has 0 spiro atoms. The van der Waals surface area contributed by atoms with Crippen LogP contribution in [0.25, 0.3) is 0 Å². The number of benzene rings is 1. The second-order valence-corrected chi connectivity index (χ2v) is 7.74. The van der Waals surface area contributed by atoms with Crippen LogP contribution in [0.2, 0.25) is 0 Å². The van der Waals surface area contributed by atoms with E-state index in [4.69, 9.17) is 0 Å². The Morgan fingerprint density at radius 3 is 1.95 bits per heavy atom. The van der Waals surface area contributed by atoms with Gasteiger partial charge in [0.15, 0.2) is 0 Å². The SMILES string of the molecule is CC(C)CCC(Br)c1ccc(C(C)C)cc1C(C)C. The minimum atomic E-state index is 0.494. The highest BCUT2D eigenvalue weighted by atomic mass is 79.9. The Balaban J connectivity index is 2.99. The lowest BCUT2D eigenvalue weighted by Gasteiger charge is -2.20. The van der Waals surface area contributed by atoms with Crippen LogP contribution >= 0.6 is 15.9 Å². The third-order valence-corrected chi connectivity index (χ3v) is 4.69. The fraction of sp³-hybridized carbons (Fsp3) is 0.667. The van der Waals surface area contributed by atoms with Crippen LogP contribution < -0.4 is 0 Å². The molecule has 0 aliphatic rings. The summed E-state index contributed by atoms with van der Waals surface area (Å²) in [6.07, 6.45) is 2.50. The Bertz CT molecular complexity index is 391. The predicted molar refractivity (Wildman–Crippen MR) is 90.4 cm³/mol. The van der Waals surface area contributed by atoms with Crippen LogP contribution in [0.1, 0.15) is 87.7 Å². The molecular weight excluding hydrogens is 296 g/mol. The van der Waals surface area contributed by atoms with Crippen molar-refractivity contribution in [3.8, 4) is 0 Å². The third-order valence-electron chi connectivity index (χ3n) is 3.73. The van der Waals surface area contributed by atoms with E-state index in [-0.39, 0.29) is 0 Å². The third kappa shape index (κ3) is 4.95. The van der Waals surface area contributed by atoms with Gasteiger partial charge in [0.2, 0.25) is 0 Å². The van der Waals surface area contributed by atoms with Crippen molar-refractivity contribution in [2.75, 3.05) is 0 Å². The standard InChI is InChI=1S/C18H29Br/c1-12(2)7-10-18(19)16-9-8-15(13(3)4)11-17(16)14(5)6/h8-9,11-14,18H,7,10H2,1-6H3. The number of alkyl halides is 1. The molecule has 1 aromatic rings. The van der Waals surface area contributed by atoms with Gasteiger partial charge in [0.05, 0.1) is 0 Å². The molecule has 19 heavy (non-hydrogen) atoms.